The lowest BCUT2D eigenvalue weighted by molar-refractivity contribution is -0.488. The number of aromatic amines is 1. The molecule has 2 atom stereocenters. The SMILES string of the molecule is CONc1cc(S(=O)NC(=O)c2ccc(N3CCN(CC4Cc5ccccc5C=[N+]4C(=O)C4CC4)CC3)cc2Oc2cnc3[nH]ccc3c2)ccc1NCC1CCOCC1. The van der Waals surface area contributed by atoms with E-state index in [-0.39, 0.29) is 23.4 Å². The van der Waals surface area contributed by atoms with Gasteiger partial charge in [-0.15, -0.1) is 0 Å². The number of hydrogen-bond acceptors (Lipinski definition) is 11. The fourth-order valence-corrected chi connectivity index (χ4v) is 9.16. The van der Waals surface area contributed by atoms with Crippen LogP contribution in [-0.4, -0.2) is 107 Å². The molecule has 1 saturated carbocycles. The van der Waals surface area contributed by atoms with E-state index in [1.165, 1.54) is 12.7 Å². The fraction of sp³-hybridized carbons (Fsp3) is 0.378. The number of H-pyrrole nitrogens is 1. The van der Waals surface area contributed by atoms with Crippen molar-refractivity contribution in [3.05, 3.63) is 102 Å². The van der Waals surface area contributed by atoms with E-state index in [9.17, 15) is 13.8 Å². The van der Waals surface area contributed by atoms with Crippen LogP contribution in [0.4, 0.5) is 17.1 Å². The molecule has 2 saturated heterocycles. The molecule has 4 N–H and O–H groups in total. The minimum absolute atomic E-state index is 0.0912. The van der Waals surface area contributed by atoms with Gasteiger partial charge in [-0.3, -0.25) is 24.7 Å². The third kappa shape index (κ3) is 9.09. The number of nitrogens with zero attached hydrogens (tertiary/aromatic N) is 4. The van der Waals surface area contributed by atoms with E-state index in [1.807, 2.05) is 47.2 Å². The molecule has 5 heterocycles. The molecule has 0 radical (unpaired) electrons. The van der Waals surface area contributed by atoms with Crippen molar-refractivity contribution in [2.45, 2.75) is 43.0 Å². The average molecular weight is 832 g/mol. The predicted molar refractivity (Wildman–Crippen MR) is 231 cm³/mol. The number of amides is 2. The summed E-state index contributed by atoms with van der Waals surface area (Å²) in [5, 5.41) is 4.35. The van der Waals surface area contributed by atoms with Gasteiger partial charge in [0.15, 0.2) is 23.2 Å². The minimum atomic E-state index is -1.90. The van der Waals surface area contributed by atoms with Gasteiger partial charge in [-0.05, 0) is 85.7 Å². The third-order valence-corrected chi connectivity index (χ3v) is 13.0. The summed E-state index contributed by atoms with van der Waals surface area (Å²) in [4.78, 5) is 45.3. The Morgan fingerprint density at radius 1 is 0.967 bits per heavy atom. The summed E-state index contributed by atoms with van der Waals surface area (Å²) in [6.45, 7) is 6.25. The predicted octanol–water partition coefficient (Wildman–Crippen LogP) is 5.73. The molecule has 1 aliphatic carbocycles. The first-order valence-electron chi connectivity index (χ1n) is 20.8. The largest absolute Gasteiger partial charge is 0.455 e. The first-order valence-corrected chi connectivity index (χ1v) is 22.0. The van der Waals surface area contributed by atoms with Gasteiger partial charge in [-0.2, -0.15) is 4.58 Å². The molecule has 0 spiro atoms. The van der Waals surface area contributed by atoms with Crippen molar-refractivity contribution in [3.63, 3.8) is 0 Å². The number of ether oxygens (including phenoxy) is 2. The van der Waals surface area contributed by atoms with E-state index >= 15 is 0 Å². The van der Waals surface area contributed by atoms with Gasteiger partial charge in [0.2, 0.25) is 0 Å². The van der Waals surface area contributed by atoms with Crippen LogP contribution in [0.2, 0.25) is 0 Å². The summed E-state index contributed by atoms with van der Waals surface area (Å²) in [7, 11) is -0.383. The lowest BCUT2D eigenvalue weighted by Crippen LogP contribution is -2.52. The highest BCUT2D eigenvalue weighted by molar-refractivity contribution is 7.83. The van der Waals surface area contributed by atoms with Crippen LogP contribution in [0.1, 0.15) is 47.2 Å². The lowest BCUT2D eigenvalue weighted by Gasteiger charge is -2.37. The third-order valence-electron chi connectivity index (χ3n) is 11.9. The molecule has 3 aromatic carbocycles. The van der Waals surface area contributed by atoms with Crippen LogP contribution in [0.15, 0.2) is 90.1 Å². The van der Waals surface area contributed by atoms with Gasteiger partial charge in [0.25, 0.3) is 5.91 Å². The molecule has 2 aromatic heterocycles. The molecule has 0 bridgehead atoms. The number of fused-ring (bicyclic) bond motifs is 2. The van der Waals surface area contributed by atoms with Gasteiger partial charge < -0.3 is 24.7 Å². The van der Waals surface area contributed by atoms with E-state index in [0.717, 1.165) is 113 Å². The number of benzene rings is 3. The summed E-state index contributed by atoms with van der Waals surface area (Å²) in [5.74, 6) is 1.14. The number of carbonyl (C=O) groups is 2. The number of anilines is 3. The molecule has 60 heavy (non-hydrogen) atoms. The zero-order valence-corrected chi connectivity index (χ0v) is 34.5. The van der Waals surface area contributed by atoms with Crippen LogP contribution in [0.25, 0.3) is 11.0 Å². The highest BCUT2D eigenvalue weighted by atomic mass is 32.2. The van der Waals surface area contributed by atoms with Crippen molar-refractivity contribution < 1.29 is 32.7 Å². The van der Waals surface area contributed by atoms with Crippen LogP contribution < -0.4 is 25.2 Å². The van der Waals surface area contributed by atoms with Crippen molar-refractivity contribution in [1.82, 2.24) is 19.6 Å². The maximum atomic E-state index is 14.0. The van der Waals surface area contributed by atoms with Crippen molar-refractivity contribution in [1.29, 1.82) is 0 Å². The fourth-order valence-electron chi connectivity index (χ4n) is 8.35. The maximum Gasteiger partial charge on any atom is 0.390 e. The first-order chi connectivity index (χ1) is 29.4. The molecule has 15 heteroatoms. The molecule has 5 aromatic rings. The standard InChI is InChI=1S/C45H50N8O6S/c1-57-49-41-25-38(9-11-40(41)47-26-30-13-20-58-21-14-30)60(56)50-44(54)39-10-8-35(24-42(39)59-37-23-33-12-15-46-43(33)48-27-37)52-18-16-51(17-19-52)29-36-22-32-4-2-3-5-34(32)28-53(36)45(55)31-6-7-31/h2-5,8-12,15,23-25,27-28,30-31,36,47,49H,6-7,13-14,16-22,26,29H2,1H3,(H-,46,48,50,54)/p+1. The molecule has 3 aliphatic heterocycles. The number of rotatable bonds is 14. The quantitative estimate of drug-likeness (QED) is 0.0802. The highest BCUT2D eigenvalue weighted by Gasteiger charge is 2.43. The van der Waals surface area contributed by atoms with Crippen LogP contribution in [-0.2, 0) is 31.8 Å². The Bertz CT molecular complexity index is 2420. The summed E-state index contributed by atoms with van der Waals surface area (Å²) in [6.07, 6.45) is 10.3. The maximum absolute atomic E-state index is 14.0. The second kappa shape index (κ2) is 17.9. The second-order valence-electron chi connectivity index (χ2n) is 16.0. The molecular formula is C45H51N8O6S+. The number of aromatic nitrogens is 2. The zero-order valence-electron chi connectivity index (χ0n) is 33.7. The normalized spacial score (nSPS) is 19.0. The number of carbonyl (C=O) groups excluding carboxylic acids is 2. The molecule has 4 aliphatic rings. The van der Waals surface area contributed by atoms with Gasteiger partial charge in [-0.25, -0.2) is 14.0 Å². The van der Waals surface area contributed by atoms with Gasteiger partial charge in [0.1, 0.15) is 17.1 Å². The Kier molecular flexibility index (Phi) is 11.9. The topological polar surface area (TPSA) is 153 Å². The van der Waals surface area contributed by atoms with Crippen LogP contribution in [0, 0.1) is 11.8 Å². The van der Waals surface area contributed by atoms with Crippen LogP contribution in [0.5, 0.6) is 11.5 Å². The first kappa shape index (κ1) is 39.8. The number of pyridine rings is 1. The molecule has 312 valence electrons. The number of piperazine rings is 1. The number of hydrogen-bond donors (Lipinski definition) is 4. The van der Waals surface area contributed by atoms with Gasteiger partial charge >= 0.3 is 5.91 Å². The molecule has 2 unspecified atom stereocenters. The Balaban J connectivity index is 0.899. The van der Waals surface area contributed by atoms with E-state index in [1.54, 1.807) is 24.4 Å². The summed E-state index contributed by atoms with van der Waals surface area (Å²) in [5.41, 5.74) is 8.58. The van der Waals surface area contributed by atoms with E-state index in [4.69, 9.17) is 14.3 Å². The highest BCUT2D eigenvalue weighted by Crippen LogP contribution is 2.34. The molecule has 2 amide bonds. The van der Waals surface area contributed by atoms with Gasteiger partial charge in [-0.1, -0.05) is 18.2 Å². The van der Waals surface area contributed by atoms with E-state index in [0.29, 0.717) is 28.0 Å². The minimum Gasteiger partial charge on any atom is -0.455 e. The van der Waals surface area contributed by atoms with Crippen LogP contribution >= 0.6 is 0 Å². The zero-order chi connectivity index (χ0) is 41.0. The van der Waals surface area contributed by atoms with Crippen molar-refractivity contribution in [2.75, 3.05) is 75.3 Å². The average Bonchev–Trinajstić information content (AvgIpc) is 4.03. The summed E-state index contributed by atoms with van der Waals surface area (Å²) >= 11 is 0. The second-order valence-corrected chi connectivity index (χ2v) is 17.2. The van der Waals surface area contributed by atoms with Crippen molar-refractivity contribution in [3.8, 4) is 11.5 Å². The molecular weight excluding hydrogens is 781 g/mol. The van der Waals surface area contributed by atoms with Gasteiger partial charge in [0, 0.05) is 81.3 Å². The Labute approximate surface area is 351 Å². The Morgan fingerprint density at radius 2 is 1.80 bits per heavy atom. The smallest absolute Gasteiger partial charge is 0.390 e. The van der Waals surface area contributed by atoms with Crippen molar-refractivity contribution in [2.24, 2.45) is 11.8 Å². The summed E-state index contributed by atoms with van der Waals surface area (Å²) < 4.78 is 30.3. The summed E-state index contributed by atoms with van der Waals surface area (Å²) in [6, 6.07) is 23.0. The lowest BCUT2D eigenvalue weighted by atomic mass is 9.96. The van der Waals surface area contributed by atoms with Crippen LogP contribution in [0.3, 0.4) is 0 Å². The van der Waals surface area contributed by atoms with E-state index in [2.05, 4.69) is 59.7 Å². The van der Waals surface area contributed by atoms with Crippen molar-refractivity contribution >= 4 is 57.1 Å². The van der Waals surface area contributed by atoms with E-state index < -0.39 is 16.9 Å². The monoisotopic (exact) mass is 831 g/mol. The molecule has 3 fully saturated rings. The van der Waals surface area contributed by atoms with Gasteiger partial charge in [0.05, 0.1) is 47.6 Å². The Morgan fingerprint density at radius 3 is 2.62 bits per heavy atom. The molecule has 9 rings (SSSR count). The Hall–Kier alpha value is -5.61. The number of nitrogens with one attached hydrogen (secondary N) is 4. The molecule has 14 nitrogen and oxygen atoms in total.